The van der Waals surface area contributed by atoms with E-state index in [-0.39, 0.29) is 19.1 Å². The van der Waals surface area contributed by atoms with Crippen molar-refractivity contribution in [1.82, 2.24) is 5.32 Å². The summed E-state index contributed by atoms with van der Waals surface area (Å²) in [5.74, 6) is 0.912. The van der Waals surface area contributed by atoms with Crippen LogP contribution in [0.4, 0.5) is 0 Å². The molecule has 100 valence electrons. The molecule has 0 bridgehead atoms. The Morgan fingerprint density at radius 1 is 1.39 bits per heavy atom. The lowest BCUT2D eigenvalue weighted by Gasteiger charge is -2.12. The summed E-state index contributed by atoms with van der Waals surface area (Å²) in [6.07, 6.45) is 0.913. The predicted molar refractivity (Wildman–Crippen MR) is 67.7 cm³/mol. The predicted octanol–water partition coefficient (Wildman–Crippen LogP) is 1.09. The van der Waals surface area contributed by atoms with Gasteiger partial charge in [-0.3, -0.25) is 4.79 Å². The number of benzene rings is 1. The van der Waals surface area contributed by atoms with Gasteiger partial charge in [0.1, 0.15) is 11.5 Å². The number of nitrogens with one attached hydrogen (secondary N) is 1. The van der Waals surface area contributed by atoms with Crippen LogP contribution in [0.2, 0.25) is 0 Å². The summed E-state index contributed by atoms with van der Waals surface area (Å²) in [6.45, 7) is 2.41. The van der Waals surface area contributed by atoms with Gasteiger partial charge in [0, 0.05) is 18.7 Å². The van der Waals surface area contributed by atoms with Crippen LogP contribution < -0.4 is 14.8 Å². The molecule has 1 aromatic rings. The maximum absolute atomic E-state index is 11.1. The average Bonchev–Trinajstić information content (AvgIpc) is 2.42. The molecule has 0 fully saturated rings. The Kier molecular flexibility index (Phi) is 6.00. The van der Waals surface area contributed by atoms with Gasteiger partial charge >= 0.3 is 0 Å². The number of carbonyl (C=O) groups is 1. The molecule has 0 unspecified atom stereocenters. The fourth-order valence-corrected chi connectivity index (χ4v) is 1.33. The van der Waals surface area contributed by atoms with E-state index in [4.69, 9.17) is 9.47 Å². The third-order valence-corrected chi connectivity index (χ3v) is 2.32. The van der Waals surface area contributed by atoms with Crippen LogP contribution in [0.5, 0.6) is 11.5 Å². The van der Waals surface area contributed by atoms with Crippen molar-refractivity contribution >= 4 is 5.91 Å². The summed E-state index contributed by atoms with van der Waals surface area (Å²) in [6, 6.07) is 5.18. The second-order valence-electron chi connectivity index (χ2n) is 3.74. The highest BCUT2D eigenvalue weighted by Crippen LogP contribution is 2.25. The zero-order valence-electron chi connectivity index (χ0n) is 10.7. The third-order valence-electron chi connectivity index (χ3n) is 2.32. The molecule has 0 spiro atoms. The molecule has 0 heterocycles. The highest BCUT2D eigenvalue weighted by atomic mass is 16.5. The molecule has 5 nitrogen and oxygen atoms in total. The van der Waals surface area contributed by atoms with Crippen LogP contribution in [0, 0.1) is 0 Å². The smallest absolute Gasteiger partial charge is 0.257 e. The van der Waals surface area contributed by atoms with Gasteiger partial charge in [-0.1, -0.05) is 6.92 Å². The number of rotatable bonds is 7. The molecule has 5 heteroatoms. The molecule has 1 amide bonds. The first-order chi connectivity index (χ1) is 8.71. The van der Waals surface area contributed by atoms with Crippen molar-refractivity contribution in [3.8, 4) is 11.5 Å². The fourth-order valence-electron chi connectivity index (χ4n) is 1.33. The Balaban J connectivity index is 2.74. The van der Waals surface area contributed by atoms with E-state index in [0.717, 1.165) is 6.42 Å². The molecule has 0 aliphatic heterocycles. The van der Waals surface area contributed by atoms with E-state index in [9.17, 15) is 9.90 Å². The molecular formula is C13H19NO4. The maximum Gasteiger partial charge on any atom is 0.257 e. The Labute approximate surface area is 107 Å². The number of aliphatic hydroxyl groups is 1. The summed E-state index contributed by atoms with van der Waals surface area (Å²) in [7, 11) is 1.54. The number of carbonyl (C=O) groups excluding carboxylic acids is 1. The number of hydrogen-bond acceptors (Lipinski definition) is 4. The molecule has 0 aliphatic rings. The maximum atomic E-state index is 11.1. The molecule has 0 saturated carbocycles. The minimum atomic E-state index is -0.223. The van der Waals surface area contributed by atoms with Gasteiger partial charge < -0.3 is 19.9 Å². The van der Waals surface area contributed by atoms with Crippen LogP contribution >= 0.6 is 0 Å². The molecule has 1 aromatic carbocycles. The normalized spacial score (nSPS) is 9.94. The number of likely N-dealkylation sites (N-methyl/N-ethyl adjacent to an activating group) is 1. The summed E-state index contributed by atoms with van der Waals surface area (Å²) < 4.78 is 10.8. The lowest BCUT2D eigenvalue weighted by Crippen LogP contribution is -2.25. The van der Waals surface area contributed by atoms with Crippen LogP contribution in [0.15, 0.2) is 18.2 Å². The average molecular weight is 253 g/mol. The zero-order valence-corrected chi connectivity index (χ0v) is 10.7. The van der Waals surface area contributed by atoms with E-state index < -0.39 is 0 Å². The van der Waals surface area contributed by atoms with Crippen LogP contribution in [-0.4, -0.2) is 31.3 Å². The number of aliphatic hydroxyl groups excluding tert-OH is 1. The molecule has 1 rings (SSSR count). The highest BCUT2D eigenvalue weighted by Gasteiger charge is 2.07. The van der Waals surface area contributed by atoms with Crippen molar-refractivity contribution in [1.29, 1.82) is 0 Å². The second-order valence-corrected chi connectivity index (χ2v) is 3.74. The van der Waals surface area contributed by atoms with Crippen molar-refractivity contribution < 1.29 is 19.4 Å². The number of amides is 1. The summed E-state index contributed by atoms with van der Waals surface area (Å²) in [5, 5.41) is 11.7. The summed E-state index contributed by atoms with van der Waals surface area (Å²) in [4.78, 5) is 11.1. The standard InChI is InChI=1S/C13H19NO4/c1-3-6-17-11-5-4-10(8-15)12(7-11)18-9-13(16)14-2/h4-5,7,15H,3,6,8-9H2,1-2H3,(H,14,16). The number of ether oxygens (including phenoxy) is 2. The van der Waals surface area contributed by atoms with Crippen molar-refractivity contribution in [2.24, 2.45) is 0 Å². The Bertz CT molecular complexity index is 393. The minimum Gasteiger partial charge on any atom is -0.493 e. The molecule has 0 atom stereocenters. The first kappa shape index (κ1) is 14.3. The molecule has 0 aromatic heterocycles. The van der Waals surface area contributed by atoms with Gasteiger partial charge in [0.05, 0.1) is 13.2 Å². The Hall–Kier alpha value is -1.75. The van der Waals surface area contributed by atoms with E-state index in [1.54, 1.807) is 25.2 Å². The number of hydrogen-bond donors (Lipinski definition) is 2. The first-order valence-electron chi connectivity index (χ1n) is 5.91. The molecule has 0 radical (unpaired) electrons. The molecule has 0 saturated heterocycles. The lowest BCUT2D eigenvalue weighted by atomic mass is 10.2. The van der Waals surface area contributed by atoms with Crippen molar-refractivity contribution in [3.63, 3.8) is 0 Å². The first-order valence-corrected chi connectivity index (χ1v) is 5.91. The highest BCUT2D eigenvalue weighted by molar-refractivity contribution is 5.77. The quantitative estimate of drug-likeness (QED) is 0.763. The fraction of sp³-hybridized carbons (Fsp3) is 0.462. The van der Waals surface area contributed by atoms with Gasteiger partial charge in [0.25, 0.3) is 5.91 Å². The van der Waals surface area contributed by atoms with Gasteiger partial charge in [0.15, 0.2) is 6.61 Å². The van der Waals surface area contributed by atoms with Crippen LogP contribution in [0.25, 0.3) is 0 Å². The Morgan fingerprint density at radius 3 is 2.78 bits per heavy atom. The van der Waals surface area contributed by atoms with Gasteiger partial charge in [-0.25, -0.2) is 0 Å². The van der Waals surface area contributed by atoms with Crippen molar-refractivity contribution in [2.75, 3.05) is 20.3 Å². The largest absolute Gasteiger partial charge is 0.493 e. The summed E-state index contributed by atoms with van der Waals surface area (Å²) >= 11 is 0. The minimum absolute atomic E-state index is 0.0826. The third kappa shape index (κ3) is 4.25. The van der Waals surface area contributed by atoms with Crippen LogP contribution in [-0.2, 0) is 11.4 Å². The van der Waals surface area contributed by atoms with E-state index in [1.807, 2.05) is 6.92 Å². The van der Waals surface area contributed by atoms with Gasteiger partial charge in [0.2, 0.25) is 0 Å². The van der Waals surface area contributed by atoms with E-state index in [2.05, 4.69) is 5.32 Å². The Morgan fingerprint density at radius 2 is 2.17 bits per heavy atom. The zero-order chi connectivity index (χ0) is 13.4. The van der Waals surface area contributed by atoms with Gasteiger partial charge in [-0.05, 0) is 18.6 Å². The SMILES string of the molecule is CCCOc1ccc(CO)c(OCC(=O)NC)c1. The molecule has 2 N–H and O–H groups in total. The summed E-state index contributed by atoms with van der Waals surface area (Å²) in [5.41, 5.74) is 0.628. The van der Waals surface area contributed by atoms with E-state index >= 15 is 0 Å². The molecule has 18 heavy (non-hydrogen) atoms. The molecule has 0 aliphatic carbocycles. The topological polar surface area (TPSA) is 67.8 Å². The van der Waals surface area contributed by atoms with Gasteiger partial charge in [-0.2, -0.15) is 0 Å². The van der Waals surface area contributed by atoms with Crippen LogP contribution in [0.3, 0.4) is 0 Å². The monoisotopic (exact) mass is 253 g/mol. The molecular weight excluding hydrogens is 234 g/mol. The lowest BCUT2D eigenvalue weighted by molar-refractivity contribution is -0.122. The van der Waals surface area contributed by atoms with Crippen molar-refractivity contribution in [2.45, 2.75) is 20.0 Å². The van der Waals surface area contributed by atoms with E-state index in [1.165, 1.54) is 0 Å². The van der Waals surface area contributed by atoms with Crippen LogP contribution in [0.1, 0.15) is 18.9 Å². The van der Waals surface area contributed by atoms with E-state index in [0.29, 0.717) is 23.7 Å². The van der Waals surface area contributed by atoms with Gasteiger partial charge in [-0.15, -0.1) is 0 Å². The second kappa shape index (κ2) is 7.55. The van der Waals surface area contributed by atoms with Crippen molar-refractivity contribution in [3.05, 3.63) is 23.8 Å².